The van der Waals surface area contributed by atoms with Gasteiger partial charge in [-0.05, 0) is 74.9 Å². The molecule has 6 rings (SSSR count). The van der Waals surface area contributed by atoms with Crippen molar-refractivity contribution in [2.45, 2.75) is 88.5 Å². The zero-order chi connectivity index (χ0) is 40.0. The topological polar surface area (TPSA) is 63.8 Å². The van der Waals surface area contributed by atoms with Gasteiger partial charge in [0.25, 0.3) is 0 Å². The van der Waals surface area contributed by atoms with Crippen molar-refractivity contribution in [3.05, 3.63) is 177 Å². The number of phenolic OH excluding ortho intramolecular Hbond substituents is 1. The second-order valence-corrected chi connectivity index (χ2v) is 16.4. The van der Waals surface area contributed by atoms with Crippen LogP contribution in [0.1, 0.15) is 83.6 Å². The van der Waals surface area contributed by atoms with Gasteiger partial charge in [0.15, 0.2) is 0 Å². The first kappa shape index (κ1) is 43.7. The summed E-state index contributed by atoms with van der Waals surface area (Å²) in [5, 5.41) is 11.1. The van der Waals surface area contributed by atoms with E-state index in [1.807, 2.05) is 68.4 Å². The molecular formula is C49H58N2O2W-2. The van der Waals surface area contributed by atoms with E-state index < -0.39 is 18.3 Å². The van der Waals surface area contributed by atoms with Crippen LogP contribution < -0.4 is 4.98 Å². The van der Waals surface area contributed by atoms with Gasteiger partial charge in [0.05, 0.1) is 0 Å². The van der Waals surface area contributed by atoms with Crippen LogP contribution in [0.4, 0.5) is 0 Å². The molecule has 1 N–H and O–H groups in total. The van der Waals surface area contributed by atoms with Crippen molar-refractivity contribution in [1.82, 2.24) is 4.98 Å². The van der Waals surface area contributed by atoms with Crippen LogP contribution in [-0.2, 0) is 27.2 Å². The number of aryl methyl sites for hydroxylation is 8. The van der Waals surface area contributed by atoms with Crippen molar-refractivity contribution in [3.8, 4) is 28.0 Å². The maximum atomic E-state index is 11.1. The summed E-state index contributed by atoms with van der Waals surface area (Å²) < 4.78 is 14.4. The Labute approximate surface area is 333 Å². The minimum atomic E-state index is -1.61. The SMILES string of the molecule is CC(C)(C[N]=[W]=[O])c1ccccc1.C[C-](C)c1ccccc1.Cc1cc(C)c(-c2cccc(-c3c(C)cc(C)cc3C)c2O)c(C)c1.Cc1ccc(C)[n-]1. The molecular weight excluding hydrogens is 832 g/mol. The van der Waals surface area contributed by atoms with Gasteiger partial charge < -0.3 is 10.1 Å². The van der Waals surface area contributed by atoms with E-state index in [1.165, 1.54) is 50.4 Å². The van der Waals surface area contributed by atoms with Crippen molar-refractivity contribution in [2.75, 3.05) is 6.54 Å². The van der Waals surface area contributed by atoms with E-state index in [4.69, 9.17) is 0 Å². The molecule has 0 fully saturated rings. The normalized spacial score (nSPS) is 10.4. The van der Waals surface area contributed by atoms with Crippen molar-refractivity contribution in [2.24, 2.45) is 3.50 Å². The Kier molecular flexibility index (Phi) is 16.8. The van der Waals surface area contributed by atoms with Crippen LogP contribution in [0, 0.1) is 61.3 Å². The van der Waals surface area contributed by atoms with Crippen LogP contribution >= 0.6 is 0 Å². The molecule has 284 valence electrons. The van der Waals surface area contributed by atoms with Crippen molar-refractivity contribution in [1.29, 1.82) is 0 Å². The number of aromatic nitrogens is 1. The summed E-state index contributed by atoms with van der Waals surface area (Å²) in [7, 11) is 0. The molecule has 6 aromatic rings. The predicted molar refractivity (Wildman–Crippen MR) is 224 cm³/mol. The molecule has 54 heavy (non-hydrogen) atoms. The maximum absolute atomic E-state index is 11.1. The van der Waals surface area contributed by atoms with Crippen molar-refractivity contribution < 1.29 is 26.8 Å². The molecule has 4 nitrogen and oxygen atoms in total. The fraction of sp³-hybridized carbons (Fsp3) is 0.286. The minimum absolute atomic E-state index is 0.0195. The number of rotatable bonds is 6. The van der Waals surface area contributed by atoms with Crippen molar-refractivity contribution >= 4 is 0 Å². The average Bonchev–Trinajstić information content (AvgIpc) is 3.51. The van der Waals surface area contributed by atoms with Gasteiger partial charge in [0.2, 0.25) is 0 Å². The number of nitrogens with zero attached hydrogens (tertiary/aromatic N) is 2. The summed E-state index contributed by atoms with van der Waals surface area (Å²) in [5.41, 5.74) is 16.2. The minimum Gasteiger partial charge on any atom is -0.665 e. The molecule has 0 bridgehead atoms. The van der Waals surface area contributed by atoms with Crippen LogP contribution in [0.15, 0.2) is 119 Å². The summed E-state index contributed by atoms with van der Waals surface area (Å²) in [6.45, 7) is 25.8. The first-order valence-corrected chi connectivity index (χ1v) is 21.0. The molecule has 0 aliphatic carbocycles. The number of aromatic hydroxyl groups is 1. The number of para-hydroxylation sites is 1. The molecule has 0 radical (unpaired) electrons. The smallest absolute Gasteiger partial charge is 0.131 e. The number of phenols is 1. The van der Waals surface area contributed by atoms with E-state index in [9.17, 15) is 8.50 Å². The molecule has 0 amide bonds. The van der Waals surface area contributed by atoms with Crippen LogP contribution in [0.5, 0.6) is 5.75 Å². The Hall–Kier alpha value is -4.66. The Balaban J connectivity index is 0.000000224. The van der Waals surface area contributed by atoms with Crippen molar-refractivity contribution in [3.63, 3.8) is 0 Å². The summed E-state index contributed by atoms with van der Waals surface area (Å²) in [4.78, 5) is 4.11. The van der Waals surface area contributed by atoms with E-state index in [-0.39, 0.29) is 5.41 Å². The van der Waals surface area contributed by atoms with Gasteiger partial charge >= 0.3 is 86.9 Å². The third kappa shape index (κ3) is 12.7. The van der Waals surface area contributed by atoms with Gasteiger partial charge in [-0.3, -0.25) is 0 Å². The number of benzene rings is 5. The molecule has 5 heteroatoms. The second-order valence-electron chi connectivity index (χ2n) is 15.0. The summed E-state index contributed by atoms with van der Waals surface area (Å²) in [5.74, 6) is 1.74. The van der Waals surface area contributed by atoms with Crippen LogP contribution in [-0.4, -0.2) is 11.7 Å². The fourth-order valence-electron chi connectivity index (χ4n) is 6.69. The second kappa shape index (κ2) is 20.7. The van der Waals surface area contributed by atoms with Crippen LogP contribution in [0.25, 0.3) is 22.3 Å². The monoisotopic (exact) mass is 890 g/mol. The number of hydrogen-bond donors (Lipinski definition) is 1. The maximum Gasteiger partial charge on any atom is 0.131 e. The Morgan fingerprint density at radius 2 is 1.02 bits per heavy atom. The van der Waals surface area contributed by atoms with E-state index in [0.717, 1.165) is 33.6 Å². The first-order chi connectivity index (χ1) is 25.5. The molecule has 0 aliphatic rings. The third-order valence-corrected chi connectivity index (χ3v) is 10.1. The third-order valence-electron chi connectivity index (χ3n) is 9.27. The molecule has 1 aromatic heterocycles. The summed E-state index contributed by atoms with van der Waals surface area (Å²) >= 11 is -1.61. The summed E-state index contributed by atoms with van der Waals surface area (Å²) in [6.07, 6.45) is 0. The van der Waals surface area contributed by atoms with Crippen LogP contribution in [0.3, 0.4) is 0 Å². The van der Waals surface area contributed by atoms with E-state index >= 15 is 0 Å². The molecule has 5 aromatic carbocycles. The standard InChI is InChI=1S/C24H26O.C10H13N.C9H11.C6H8N.O.W/c1-14-10-16(3)22(17(4)11-14)20-8-7-9-21(24(20)25)23-18(5)12-15(2)13-19(23)6;1-10(2,8-11)9-6-4-3-5-7-9;1-8(2)9-6-4-3-5-7-9;1-5-3-4-6(2)7-5;;/h7-13,25H,1-6H3;3-7H,8H2,1-2H3;3-7H,1-2H3;3-4H,1-2H3;;/q;;2*-1;;. The average molecular weight is 891 g/mol. The molecule has 0 spiro atoms. The molecule has 0 atom stereocenters. The fourth-order valence-corrected chi connectivity index (χ4v) is 8.04. The quantitative estimate of drug-likeness (QED) is 0.169. The zero-order valence-corrected chi connectivity index (χ0v) is 37.3. The van der Waals surface area contributed by atoms with E-state index in [1.54, 1.807) is 0 Å². The van der Waals surface area contributed by atoms with Gasteiger partial charge in [0.1, 0.15) is 5.75 Å². The van der Waals surface area contributed by atoms with E-state index in [2.05, 4.69) is 138 Å². The Morgan fingerprint density at radius 1 is 0.611 bits per heavy atom. The molecule has 1 heterocycles. The van der Waals surface area contributed by atoms with Gasteiger partial charge in [-0.25, -0.2) is 0 Å². The zero-order valence-electron chi connectivity index (χ0n) is 34.3. The summed E-state index contributed by atoms with van der Waals surface area (Å²) in [6, 6.07) is 39.4. The van der Waals surface area contributed by atoms with Gasteiger partial charge in [-0.2, -0.15) is 35.0 Å². The molecule has 0 aliphatic heterocycles. The molecule has 0 saturated carbocycles. The first-order valence-electron chi connectivity index (χ1n) is 18.5. The van der Waals surface area contributed by atoms with Crippen LogP contribution in [0.2, 0.25) is 0 Å². The van der Waals surface area contributed by atoms with Gasteiger partial charge in [-0.1, -0.05) is 99.5 Å². The van der Waals surface area contributed by atoms with Gasteiger partial charge in [0, 0.05) is 11.1 Å². The van der Waals surface area contributed by atoms with E-state index in [0.29, 0.717) is 12.3 Å². The Morgan fingerprint density at radius 3 is 1.35 bits per heavy atom. The molecule has 0 unspecified atom stereocenters. The Bertz CT molecular complexity index is 2000. The number of hydrogen-bond acceptors (Lipinski definition) is 3. The molecule has 0 saturated heterocycles. The largest absolute Gasteiger partial charge is 0.665 e. The van der Waals surface area contributed by atoms with Gasteiger partial charge in [-0.15, -0.1) is 12.1 Å². The predicted octanol–water partition coefficient (Wildman–Crippen LogP) is 13.1.